The third kappa shape index (κ3) is 9.45. The summed E-state index contributed by atoms with van der Waals surface area (Å²) < 4.78 is 35.2. The largest absolute Gasteiger partial charge is 0.494 e. The molecule has 47 heavy (non-hydrogen) atoms. The quantitative estimate of drug-likeness (QED) is 0.140. The molecule has 4 rings (SSSR count). The molecule has 9 heteroatoms. The lowest BCUT2D eigenvalue weighted by Gasteiger charge is -2.34. The van der Waals surface area contributed by atoms with E-state index in [-0.39, 0.29) is 23.8 Å². The minimum absolute atomic E-state index is 0.0633. The molecule has 0 aliphatic rings. The average molecular weight is 656 g/mol. The number of amides is 2. The second kappa shape index (κ2) is 16.8. The number of hydrogen-bond acceptors (Lipinski definition) is 5. The molecule has 2 amide bonds. The Bertz CT molecular complexity index is 1710. The van der Waals surface area contributed by atoms with Crippen LogP contribution in [0.4, 0.5) is 5.69 Å². The summed E-state index contributed by atoms with van der Waals surface area (Å²) in [6.45, 7) is 8.31. The van der Waals surface area contributed by atoms with Gasteiger partial charge in [0.25, 0.3) is 10.0 Å². The van der Waals surface area contributed by atoms with Gasteiger partial charge in [-0.05, 0) is 80.3 Å². The number of hydrogen-bond donors (Lipinski definition) is 1. The maximum Gasteiger partial charge on any atom is 0.264 e. The lowest BCUT2D eigenvalue weighted by atomic mass is 10.0. The Morgan fingerprint density at radius 1 is 0.830 bits per heavy atom. The molecular formula is C38H45N3O5S. The fraction of sp³-hybridized carbons (Fsp3) is 0.316. The highest BCUT2D eigenvalue weighted by Crippen LogP contribution is 2.27. The van der Waals surface area contributed by atoms with Crippen LogP contribution >= 0.6 is 0 Å². The van der Waals surface area contributed by atoms with Crippen LogP contribution in [0.3, 0.4) is 0 Å². The highest BCUT2D eigenvalue weighted by Gasteiger charge is 2.34. The number of aryl methyl sites for hydroxylation is 2. The predicted molar refractivity (Wildman–Crippen MR) is 187 cm³/mol. The van der Waals surface area contributed by atoms with E-state index < -0.39 is 28.5 Å². The molecule has 4 aromatic rings. The molecule has 0 heterocycles. The zero-order valence-electron chi connectivity index (χ0n) is 27.7. The Labute approximate surface area is 279 Å². The summed E-state index contributed by atoms with van der Waals surface area (Å²) in [4.78, 5) is 30.1. The lowest BCUT2D eigenvalue weighted by molar-refractivity contribution is -0.140. The zero-order valence-corrected chi connectivity index (χ0v) is 28.5. The molecule has 0 saturated carbocycles. The molecule has 0 radical (unpaired) electrons. The van der Waals surface area contributed by atoms with Crippen molar-refractivity contribution >= 4 is 27.5 Å². The molecule has 248 valence electrons. The minimum atomic E-state index is -4.18. The fourth-order valence-electron chi connectivity index (χ4n) is 5.27. The van der Waals surface area contributed by atoms with E-state index in [1.54, 1.807) is 48.5 Å². The van der Waals surface area contributed by atoms with E-state index in [1.807, 2.05) is 82.3 Å². The summed E-state index contributed by atoms with van der Waals surface area (Å²) in [6, 6.07) is 29.6. The molecule has 4 aromatic carbocycles. The molecule has 8 nitrogen and oxygen atoms in total. The van der Waals surface area contributed by atoms with Crippen molar-refractivity contribution in [3.05, 3.63) is 125 Å². The van der Waals surface area contributed by atoms with E-state index in [1.165, 1.54) is 4.90 Å². The average Bonchev–Trinajstić information content (AvgIpc) is 3.07. The Morgan fingerprint density at radius 3 is 2.13 bits per heavy atom. The number of sulfonamides is 1. The molecule has 0 fully saturated rings. The van der Waals surface area contributed by atoms with E-state index in [0.29, 0.717) is 24.6 Å². The van der Waals surface area contributed by atoms with Gasteiger partial charge < -0.3 is 15.0 Å². The summed E-state index contributed by atoms with van der Waals surface area (Å²) in [5, 5.41) is 3.03. The van der Waals surface area contributed by atoms with Gasteiger partial charge in [0.1, 0.15) is 18.3 Å². The maximum atomic E-state index is 14.6. The third-order valence-corrected chi connectivity index (χ3v) is 9.81. The van der Waals surface area contributed by atoms with Gasteiger partial charge in [-0.3, -0.25) is 13.9 Å². The Balaban J connectivity index is 1.80. The SMILES string of the molecule is CCCCNC(=O)[C@@H](Cc1ccccc1)N(Cc1ccccc1C)C(=O)CN(c1ccc(OCC)cc1)S(=O)(=O)c1ccc(C)cc1. The smallest absolute Gasteiger partial charge is 0.264 e. The minimum Gasteiger partial charge on any atom is -0.494 e. The fourth-order valence-corrected chi connectivity index (χ4v) is 6.69. The van der Waals surface area contributed by atoms with Crippen LogP contribution in [0.2, 0.25) is 0 Å². The topological polar surface area (TPSA) is 96.0 Å². The van der Waals surface area contributed by atoms with Crippen molar-refractivity contribution in [3.63, 3.8) is 0 Å². The van der Waals surface area contributed by atoms with Crippen LogP contribution in [0.15, 0.2) is 108 Å². The standard InChI is InChI=1S/C38H45N3O5S/c1-5-7-25-39-38(43)36(26-31-14-9-8-10-15-31)40(27-32-16-12-11-13-30(32)4)37(42)28-41(33-19-21-34(22-20-33)46-6-2)47(44,45)35-23-17-29(3)18-24-35/h8-24,36H,5-7,25-28H2,1-4H3,(H,39,43)/t36-/m1/s1. The zero-order chi connectivity index (χ0) is 33.8. The van der Waals surface area contributed by atoms with E-state index in [4.69, 9.17) is 4.74 Å². The number of anilines is 1. The third-order valence-electron chi connectivity index (χ3n) is 8.03. The van der Waals surface area contributed by atoms with Gasteiger partial charge in [-0.15, -0.1) is 0 Å². The van der Waals surface area contributed by atoms with E-state index >= 15 is 0 Å². The number of nitrogens with one attached hydrogen (secondary N) is 1. The Morgan fingerprint density at radius 2 is 1.49 bits per heavy atom. The first kappa shape index (κ1) is 35.2. The Hall–Kier alpha value is -4.63. The number of rotatable bonds is 16. The van der Waals surface area contributed by atoms with Gasteiger partial charge >= 0.3 is 0 Å². The summed E-state index contributed by atoms with van der Waals surface area (Å²) in [5.74, 6) is -0.189. The van der Waals surface area contributed by atoms with Gasteiger partial charge in [0.2, 0.25) is 11.8 Å². The van der Waals surface area contributed by atoms with E-state index in [9.17, 15) is 18.0 Å². The molecule has 1 atom stereocenters. The molecule has 0 bridgehead atoms. The number of benzene rings is 4. The van der Waals surface area contributed by atoms with Crippen molar-refractivity contribution in [1.29, 1.82) is 0 Å². The van der Waals surface area contributed by atoms with Crippen LogP contribution in [0.1, 0.15) is 48.9 Å². The van der Waals surface area contributed by atoms with Gasteiger partial charge in [-0.25, -0.2) is 8.42 Å². The van der Waals surface area contributed by atoms with Gasteiger partial charge in [0.15, 0.2) is 0 Å². The number of ether oxygens (including phenoxy) is 1. The van der Waals surface area contributed by atoms with Crippen molar-refractivity contribution in [2.45, 2.75) is 64.4 Å². The monoisotopic (exact) mass is 655 g/mol. The summed E-state index contributed by atoms with van der Waals surface area (Å²) in [5.41, 5.74) is 3.95. The van der Waals surface area contributed by atoms with Gasteiger partial charge in [0.05, 0.1) is 17.2 Å². The number of nitrogens with zero attached hydrogens (tertiary/aromatic N) is 2. The summed E-state index contributed by atoms with van der Waals surface area (Å²) in [6.07, 6.45) is 1.98. The van der Waals surface area contributed by atoms with Crippen molar-refractivity contribution in [3.8, 4) is 5.75 Å². The number of unbranched alkanes of at least 4 members (excludes halogenated alkanes) is 1. The normalized spacial score (nSPS) is 11.8. The van der Waals surface area contributed by atoms with Gasteiger partial charge in [-0.2, -0.15) is 0 Å². The molecule has 0 aromatic heterocycles. The molecule has 0 unspecified atom stereocenters. The molecular weight excluding hydrogens is 611 g/mol. The highest BCUT2D eigenvalue weighted by molar-refractivity contribution is 7.92. The summed E-state index contributed by atoms with van der Waals surface area (Å²) >= 11 is 0. The van der Waals surface area contributed by atoms with Crippen LogP contribution in [0, 0.1) is 13.8 Å². The van der Waals surface area contributed by atoms with Crippen LogP contribution < -0.4 is 14.4 Å². The maximum absolute atomic E-state index is 14.6. The first-order chi connectivity index (χ1) is 22.6. The van der Waals surface area contributed by atoms with Gasteiger partial charge in [-0.1, -0.05) is 85.6 Å². The van der Waals surface area contributed by atoms with E-state index in [0.717, 1.165) is 39.4 Å². The highest BCUT2D eigenvalue weighted by atomic mass is 32.2. The second-order valence-corrected chi connectivity index (χ2v) is 13.4. The molecule has 0 saturated heterocycles. The van der Waals surface area contributed by atoms with Crippen LogP contribution in [-0.4, -0.2) is 50.9 Å². The Kier molecular flexibility index (Phi) is 12.6. The van der Waals surface area contributed by atoms with Crippen molar-refractivity contribution in [2.75, 3.05) is 24.0 Å². The van der Waals surface area contributed by atoms with Crippen LogP contribution in [0.25, 0.3) is 0 Å². The first-order valence-electron chi connectivity index (χ1n) is 16.1. The second-order valence-electron chi connectivity index (χ2n) is 11.5. The molecule has 0 aliphatic carbocycles. The molecule has 0 aliphatic heterocycles. The van der Waals surface area contributed by atoms with Crippen molar-refractivity contribution < 1.29 is 22.7 Å². The van der Waals surface area contributed by atoms with E-state index in [2.05, 4.69) is 5.32 Å². The van der Waals surface area contributed by atoms with Crippen molar-refractivity contribution in [2.24, 2.45) is 0 Å². The van der Waals surface area contributed by atoms with Crippen molar-refractivity contribution in [1.82, 2.24) is 10.2 Å². The first-order valence-corrected chi connectivity index (χ1v) is 17.6. The molecule has 0 spiro atoms. The number of carbonyl (C=O) groups excluding carboxylic acids is 2. The summed E-state index contributed by atoms with van der Waals surface area (Å²) in [7, 11) is -4.18. The number of carbonyl (C=O) groups is 2. The van der Waals surface area contributed by atoms with Gasteiger partial charge in [0, 0.05) is 19.5 Å². The predicted octanol–water partition coefficient (Wildman–Crippen LogP) is 6.45. The lowest BCUT2D eigenvalue weighted by Crippen LogP contribution is -2.53. The van der Waals surface area contributed by atoms with Crippen LogP contribution in [-0.2, 0) is 32.6 Å². The van der Waals surface area contributed by atoms with Crippen LogP contribution in [0.5, 0.6) is 5.75 Å². The molecule has 1 N–H and O–H groups in total.